The highest BCUT2D eigenvalue weighted by molar-refractivity contribution is 7.80. The van der Waals surface area contributed by atoms with Gasteiger partial charge >= 0.3 is 0 Å². The zero-order valence-corrected chi connectivity index (χ0v) is 18.5. The molecule has 1 aromatic carbocycles. The fourth-order valence-corrected chi connectivity index (χ4v) is 3.05. The minimum Gasteiger partial charge on any atom is -0.332 e. The van der Waals surface area contributed by atoms with Crippen molar-refractivity contribution < 1.29 is 0 Å². The number of pyridine rings is 1. The van der Waals surface area contributed by atoms with Crippen molar-refractivity contribution in [2.45, 2.75) is 27.3 Å². The number of nitrogens with zero attached hydrogens (tertiary/aromatic N) is 4. The topological polar surface area (TPSA) is 87.1 Å². The van der Waals surface area contributed by atoms with Crippen LogP contribution in [0.2, 0.25) is 5.02 Å². The van der Waals surface area contributed by atoms with E-state index >= 15 is 0 Å². The summed E-state index contributed by atoms with van der Waals surface area (Å²) in [5.74, 6) is 0.854. The average Bonchev–Trinajstić information content (AvgIpc) is 2.70. The summed E-state index contributed by atoms with van der Waals surface area (Å²) in [6.07, 6.45) is 3.49. The van der Waals surface area contributed by atoms with Crippen molar-refractivity contribution in [3.63, 3.8) is 0 Å². The van der Waals surface area contributed by atoms with Crippen molar-refractivity contribution in [3.05, 3.63) is 76.3 Å². The number of nitrogens with one attached hydrogen (secondary N) is 3. The van der Waals surface area contributed by atoms with Crippen molar-refractivity contribution in [2.75, 3.05) is 10.6 Å². The Morgan fingerprint density at radius 1 is 1.07 bits per heavy atom. The Morgan fingerprint density at radius 3 is 2.53 bits per heavy atom. The van der Waals surface area contributed by atoms with Gasteiger partial charge in [-0.05, 0) is 68.4 Å². The normalized spacial score (nSPS) is 11.1. The van der Waals surface area contributed by atoms with Crippen LogP contribution < -0.4 is 16.0 Å². The zero-order valence-electron chi connectivity index (χ0n) is 16.9. The minimum absolute atomic E-state index is 0.363. The number of aryl methyl sites for hydroxylation is 2. The fourth-order valence-electron chi connectivity index (χ4n) is 2.66. The molecule has 2 heterocycles. The summed E-state index contributed by atoms with van der Waals surface area (Å²) >= 11 is 11.7. The molecule has 0 bridgehead atoms. The molecule has 0 radical (unpaired) electrons. The standard InChI is InChI=1S/C21H22ClN7S/c1-13-10-14(2)26-20(25-13)28-19(24-12-16-6-5-9-23-11-16)29-21(30)27-18-8-4-7-17(22)15(18)3/h4-11H,12H2,1-3H3,(H3,24,25,26,27,28,29,30). The van der Waals surface area contributed by atoms with E-state index in [4.69, 9.17) is 23.8 Å². The van der Waals surface area contributed by atoms with Gasteiger partial charge in [0.05, 0.1) is 6.54 Å². The molecule has 3 rings (SSSR count). The van der Waals surface area contributed by atoms with Crippen molar-refractivity contribution in [1.29, 1.82) is 0 Å². The Labute approximate surface area is 186 Å². The summed E-state index contributed by atoms with van der Waals surface area (Å²) in [6, 6.07) is 11.3. The summed E-state index contributed by atoms with van der Waals surface area (Å²) in [7, 11) is 0. The van der Waals surface area contributed by atoms with Crippen molar-refractivity contribution in [3.8, 4) is 0 Å². The molecule has 0 aliphatic heterocycles. The molecule has 0 unspecified atom stereocenters. The summed E-state index contributed by atoms with van der Waals surface area (Å²) in [5, 5.41) is 10.4. The Kier molecular flexibility index (Phi) is 7.26. The molecule has 0 atom stereocenters. The molecule has 0 aliphatic rings. The summed E-state index contributed by atoms with van der Waals surface area (Å²) < 4.78 is 0. The molecular formula is C21H22ClN7S. The zero-order chi connectivity index (χ0) is 21.5. The molecule has 0 aliphatic carbocycles. The quantitative estimate of drug-likeness (QED) is 0.315. The summed E-state index contributed by atoms with van der Waals surface area (Å²) in [6.45, 7) is 6.15. The molecule has 0 saturated carbocycles. The Bertz CT molecular complexity index is 1050. The third kappa shape index (κ3) is 6.20. The predicted molar refractivity (Wildman–Crippen MR) is 126 cm³/mol. The van der Waals surface area contributed by atoms with Gasteiger partial charge in [-0.15, -0.1) is 0 Å². The SMILES string of the molecule is Cc1cc(C)nc(NC(=NCc2cccnc2)NC(=S)Nc2cccc(Cl)c2C)n1. The maximum Gasteiger partial charge on any atom is 0.229 e. The average molecular weight is 440 g/mol. The lowest BCUT2D eigenvalue weighted by Gasteiger charge is -2.15. The van der Waals surface area contributed by atoms with Crippen LogP contribution in [0.15, 0.2) is 53.8 Å². The number of aromatic nitrogens is 3. The Balaban J connectivity index is 1.79. The number of hydrogen-bond donors (Lipinski definition) is 3. The molecule has 9 heteroatoms. The van der Waals surface area contributed by atoms with Crippen LogP contribution in [0.3, 0.4) is 0 Å². The van der Waals surface area contributed by atoms with Gasteiger partial charge in [-0.25, -0.2) is 15.0 Å². The van der Waals surface area contributed by atoms with E-state index in [0.717, 1.165) is 28.2 Å². The maximum atomic E-state index is 6.20. The smallest absolute Gasteiger partial charge is 0.229 e. The van der Waals surface area contributed by atoms with Gasteiger partial charge in [0.15, 0.2) is 5.11 Å². The Hall–Kier alpha value is -3.10. The fraction of sp³-hybridized carbons (Fsp3) is 0.190. The van der Waals surface area contributed by atoms with E-state index in [0.29, 0.717) is 28.6 Å². The summed E-state index contributed by atoms with van der Waals surface area (Å²) in [4.78, 5) is 17.5. The number of aliphatic imine (C=N–C) groups is 1. The number of thiocarbonyl (C=S) groups is 1. The van der Waals surface area contributed by atoms with E-state index in [9.17, 15) is 0 Å². The van der Waals surface area contributed by atoms with Crippen LogP contribution in [0.1, 0.15) is 22.5 Å². The molecule has 154 valence electrons. The lowest BCUT2D eigenvalue weighted by molar-refractivity contribution is 1.02. The second kappa shape index (κ2) is 10.1. The summed E-state index contributed by atoms with van der Waals surface area (Å²) in [5.41, 5.74) is 4.39. The number of rotatable bonds is 4. The van der Waals surface area contributed by atoms with E-state index in [1.807, 2.05) is 57.2 Å². The lowest BCUT2D eigenvalue weighted by Crippen LogP contribution is -2.39. The van der Waals surface area contributed by atoms with Gasteiger partial charge in [0.25, 0.3) is 0 Å². The van der Waals surface area contributed by atoms with Crippen LogP contribution in [0.5, 0.6) is 0 Å². The second-order valence-corrected chi connectivity index (χ2v) is 7.43. The van der Waals surface area contributed by atoms with Crippen molar-refractivity contribution in [2.24, 2.45) is 4.99 Å². The molecule has 3 aromatic rings. The van der Waals surface area contributed by atoms with Gasteiger partial charge in [0, 0.05) is 34.5 Å². The number of anilines is 2. The van der Waals surface area contributed by atoms with E-state index in [2.05, 4.69) is 35.9 Å². The number of hydrogen-bond acceptors (Lipinski definition) is 5. The molecule has 0 amide bonds. The molecule has 0 spiro atoms. The first kappa shape index (κ1) is 21.6. The molecule has 30 heavy (non-hydrogen) atoms. The van der Waals surface area contributed by atoms with Gasteiger partial charge in [0.1, 0.15) is 0 Å². The third-order valence-electron chi connectivity index (χ3n) is 4.10. The second-order valence-electron chi connectivity index (χ2n) is 6.62. The van der Waals surface area contributed by atoms with Gasteiger partial charge in [-0.2, -0.15) is 0 Å². The number of guanidine groups is 1. The van der Waals surface area contributed by atoms with E-state index < -0.39 is 0 Å². The Morgan fingerprint density at radius 2 is 1.83 bits per heavy atom. The molecule has 2 aromatic heterocycles. The van der Waals surface area contributed by atoms with Gasteiger partial charge in [0.2, 0.25) is 11.9 Å². The third-order valence-corrected chi connectivity index (χ3v) is 4.72. The van der Waals surface area contributed by atoms with Gasteiger partial charge < -0.3 is 10.6 Å². The van der Waals surface area contributed by atoms with Crippen LogP contribution >= 0.6 is 23.8 Å². The van der Waals surface area contributed by atoms with E-state index in [1.165, 1.54) is 0 Å². The predicted octanol–water partition coefficient (Wildman–Crippen LogP) is 4.40. The van der Waals surface area contributed by atoms with Gasteiger partial charge in [-0.1, -0.05) is 23.7 Å². The largest absolute Gasteiger partial charge is 0.332 e. The number of halogens is 1. The molecular weight excluding hydrogens is 418 g/mol. The van der Waals surface area contributed by atoms with Crippen LogP contribution in [0, 0.1) is 20.8 Å². The minimum atomic E-state index is 0.363. The van der Waals surface area contributed by atoms with Crippen molar-refractivity contribution in [1.82, 2.24) is 20.3 Å². The highest BCUT2D eigenvalue weighted by Crippen LogP contribution is 2.22. The van der Waals surface area contributed by atoms with Crippen LogP contribution in [0.4, 0.5) is 11.6 Å². The maximum absolute atomic E-state index is 6.20. The molecule has 0 fully saturated rings. The van der Waals surface area contributed by atoms with E-state index in [1.54, 1.807) is 12.4 Å². The molecule has 0 saturated heterocycles. The van der Waals surface area contributed by atoms with Gasteiger partial charge in [-0.3, -0.25) is 10.3 Å². The van der Waals surface area contributed by atoms with Crippen LogP contribution in [-0.4, -0.2) is 26.0 Å². The van der Waals surface area contributed by atoms with Crippen LogP contribution in [-0.2, 0) is 6.54 Å². The highest BCUT2D eigenvalue weighted by Gasteiger charge is 2.09. The highest BCUT2D eigenvalue weighted by atomic mass is 35.5. The molecule has 3 N–H and O–H groups in total. The first-order valence-electron chi connectivity index (χ1n) is 9.26. The van der Waals surface area contributed by atoms with Crippen LogP contribution in [0.25, 0.3) is 0 Å². The molecule has 7 nitrogen and oxygen atoms in total. The monoisotopic (exact) mass is 439 g/mol. The first-order chi connectivity index (χ1) is 14.4. The van der Waals surface area contributed by atoms with Crippen molar-refractivity contribution >= 4 is 46.5 Å². The van der Waals surface area contributed by atoms with E-state index in [-0.39, 0.29) is 0 Å². The number of benzene rings is 1. The first-order valence-corrected chi connectivity index (χ1v) is 10.0. The lowest BCUT2D eigenvalue weighted by atomic mass is 10.2.